The number of carbonyl (C=O) groups excluding carboxylic acids is 2. The van der Waals surface area contributed by atoms with Crippen molar-refractivity contribution in [3.05, 3.63) is 35.4 Å². The predicted octanol–water partition coefficient (Wildman–Crippen LogP) is 3.02. The molecule has 1 aliphatic rings. The molecule has 1 aliphatic carbocycles. The molecule has 1 aromatic rings. The molecule has 2 unspecified atom stereocenters. The van der Waals surface area contributed by atoms with Crippen LogP contribution in [0.1, 0.15) is 62.4 Å². The lowest BCUT2D eigenvalue weighted by Gasteiger charge is -2.31. The molecule has 0 spiro atoms. The maximum Gasteiger partial charge on any atom is 0.251 e. The van der Waals surface area contributed by atoms with E-state index in [0.717, 1.165) is 24.8 Å². The van der Waals surface area contributed by atoms with E-state index in [4.69, 9.17) is 5.73 Å². The Bertz CT molecular complexity index is 596. The third-order valence-electron chi connectivity index (χ3n) is 4.88. The van der Waals surface area contributed by atoms with Crippen LogP contribution in [0.3, 0.4) is 0 Å². The summed E-state index contributed by atoms with van der Waals surface area (Å²) in [4.78, 5) is 24.4. The molecule has 6 heteroatoms. The Balaban J connectivity index is 0.00000338. The first kappa shape index (κ1) is 22.5. The molecule has 0 heterocycles. The third kappa shape index (κ3) is 6.29. The quantitative estimate of drug-likeness (QED) is 0.732. The molecule has 0 saturated heterocycles. The molecule has 2 rings (SSSR count). The zero-order valence-corrected chi connectivity index (χ0v) is 16.8. The first-order valence-corrected chi connectivity index (χ1v) is 9.19. The number of carbonyl (C=O) groups is 2. The van der Waals surface area contributed by atoms with Gasteiger partial charge in [0.2, 0.25) is 5.91 Å². The summed E-state index contributed by atoms with van der Waals surface area (Å²) in [5.41, 5.74) is 7.05. The monoisotopic (exact) mass is 381 g/mol. The van der Waals surface area contributed by atoms with Gasteiger partial charge in [-0.05, 0) is 43.0 Å². The minimum atomic E-state index is -0.403. The van der Waals surface area contributed by atoms with Crippen molar-refractivity contribution in [2.75, 3.05) is 6.54 Å². The summed E-state index contributed by atoms with van der Waals surface area (Å²) in [5.74, 6) is 0.347. The van der Waals surface area contributed by atoms with E-state index in [1.165, 1.54) is 6.42 Å². The molecule has 0 aliphatic heterocycles. The first-order valence-electron chi connectivity index (χ1n) is 9.19. The van der Waals surface area contributed by atoms with Gasteiger partial charge in [-0.3, -0.25) is 9.59 Å². The van der Waals surface area contributed by atoms with E-state index in [0.29, 0.717) is 24.6 Å². The average molecular weight is 382 g/mol. The van der Waals surface area contributed by atoms with E-state index in [1.807, 2.05) is 45.0 Å². The van der Waals surface area contributed by atoms with Crippen LogP contribution >= 0.6 is 12.4 Å². The molecule has 2 amide bonds. The van der Waals surface area contributed by atoms with Gasteiger partial charge in [0.25, 0.3) is 5.91 Å². The zero-order valence-electron chi connectivity index (χ0n) is 16.0. The summed E-state index contributed by atoms with van der Waals surface area (Å²) in [6, 6.07) is 7.58. The molecule has 1 saturated carbocycles. The minimum Gasteiger partial charge on any atom is -0.352 e. The maximum absolute atomic E-state index is 12.5. The number of rotatable bonds is 5. The summed E-state index contributed by atoms with van der Waals surface area (Å²) in [6.45, 7) is 6.74. The Morgan fingerprint density at radius 2 is 1.73 bits per heavy atom. The summed E-state index contributed by atoms with van der Waals surface area (Å²) in [6.07, 6.45) is 4.44. The highest BCUT2D eigenvalue weighted by atomic mass is 35.5. The number of amides is 2. The topological polar surface area (TPSA) is 84.2 Å². The fraction of sp³-hybridized carbons (Fsp3) is 0.600. The van der Waals surface area contributed by atoms with Gasteiger partial charge in [0, 0.05) is 23.6 Å². The van der Waals surface area contributed by atoms with Crippen molar-refractivity contribution in [3.8, 4) is 0 Å². The lowest BCUT2D eigenvalue weighted by Crippen LogP contribution is -2.44. The number of nitrogens with one attached hydrogen (secondary N) is 2. The highest BCUT2D eigenvalue weighted by molar-refractivity contribution is 5.94. The highest BCUT2D eigenvalue weighted by Crippen LogP contribution is 2.23. The first-order chi connectivity index (χ1) is 11.8. The molecule has 2 atom stereocenters. The minimum absolute atomic E-state index is 0. The van der Waals surface area contributed by atoms with Crippen molar-refractivity contribution < 1.29 is 9.59 Å². The smallest absolute Gasteiger partial charge is 0.251 e. The van der Waals surface area contributed by atoms with Gasteiger partial charge in [0.1, 0.15) is 0 Å². The van der Waals surface area contributed by atoms with Crippen molar-refractivity contribution in [1.82, 2.24) is 10.6 Å². The van der Waals surface area contributed by atoms with Crippen LogP contribution in [0.25, 0.3) is 0 Å². The SMILES string of the molecule is CC(C)(C)C(=O)NCc1ccc(C(=O)NC2CCCCC2CN)cc1.Cl. The molecular formula is C20H32ClN3O2. The average Bonchev–Trinajstić information content (AvgIpc) is 2.59. The van der Waals surface area contributed by atoms with Crippen LogP contribution in [0.5, 0.6) is 0 Å². The molecule has 146 valence electrons. The molecule has 0 aromatic heterocycles. The van der Waals surface area contributed by atoms with Gasteiger partial charge in [0.15, 0.2) is 0 Å². The summed E-state index contributed by atoms with van der Waals surface area (Å²) in [7, 11) is 0. The van der Waals surface area contributed by atoms with E-state index in [2.05, 4.69) is 10.6 Å². The molecule has 1 aromatic carbocycles. The van der Waals surface area contributed by atoms with Gasteiger partial charge < -0.3 is 16.4 Å². The van der Waals surface area contributed by atoms with Gasteiger partial charge in [0.05, 0.1) is 0 Å². The predicted molar refractivity (Wildman–Crippen MR) is 107 cm³/mol. The molecule has 4 N–H and O–H groups in total. The fourth-order valence-corrected chi connectivity index (χ4v) is 3.15. The van der Waals surface area contributed by atoms with Crippen molar-refractivity contribution in [3.63, 3.8) is 0 Å². The van der Waals surface area contributed by atoms with Gasteiger partial charge in [-0.25, -0.2) is 0 Å². The van der Waals surface area contributed by atoms with Crippen LogP contribution in [0.4, 0.5) is 0 Å². The maximum atomic E-state index is 12.5. The van der Waals surface area contributed by atoms with Crippen LogP contribution in [0.15, 0.2) is 24.3 Å². The Morgan fingerprint density at radius 1 is 1.12 bits per heavy atom. The van der Waals surface area contributed by atoms with Crippen molar-refractivity contribution >= 4 is 24.2 Å². The molecule has 5 nitrogen and oxygen atoms in total. The van der Waals surface area contributed by atoms with Crippen molar-refractivity contribution in [1.29, 1.82) is 0 Å². The van der Waals surface area contributed by atoms with Gasteiger partial charge in [-0.15, -0.1) is 12.4 Å². The van der Waals surface area contributed by atoms with Crippen LogP contribution in [-0.2, 0) is 11.3 Å². The van der Waals surface area contributed by atoms with Crippen molar-refractivity contribution in [2.45, 2.75) is 59.0 Å². The Hall–Kier alpha value is -1.59. The number of hydrogen-bond acceptors (Lipinski definition) is 3. The summed E-state index contributed by atoms with van der Waals surface area (Å²) < 4.78 is 0. The van der Waals surface area contributed by atoms with Crippen LogP contribution < -0.4 is 16.4 Å². The highest BCUT2D eigenvalue weighted by Gasteiger charge is 2.25. The largest absolute Gasteiger partial charge is 0.352 e. The standard InChI is InChI=1S/C20H31N3O2.ClH/c1-20(2,3)19(25)22-13-14-8-10-15(11-9-14)18(24)23-17-7-5-4-6-16(17)12-21;/h8-11,16-17H,4-7,12-13,21H2,1-3H3,(H,22,25)(H,23,24);1H. The lowest BCUT2D eigenvalue weighted by atomic mass is 9.84. The number of halogens is 1. The third-order valence-corrected chi connectivity index (χ3v) is 4.88. The second-order valence-corrected chi connectivity index (χ2v) is 7.99. The molecular weight excluding hydrogens is 350 g/mol. The number of nitrogens with two attached hydrogens (primary N) is 1. The van der Waals surface area contributed by atoms with Crippen molar-refractivity contribution in [2.24, 2.45) is 17.1 Å². The van der Waals surface area contributed by atoms with E-state index < -0.39 is 5.41 Å². The number of benzene rings is 1. The van der Waals surface area contributed by atoms with Gasteiger partial charge in [-0.2, -0.15) is 0 Å². The van der Waals surface area contributed by atoms with Crippen LogP contribution in [-0.4, -0.2) is 24.4 Å². The zero-order chi connectivity index (χ0) is 18.4. The lowest BCUT2D eigenvalue weighted by molar-refractivity contribution is -0.128. The van der Waals surface area contributed by atoms with Crippen LogP contribution in [0.2, 0.25) is 0 Å². The van der Waals surface area contributed by atoms with Gasteiger partial charge >= 0.3 is 0 Å². The Kier molecular flexibility index (Phi) is 8.57. The van der Waals surface area contributed by atoms with Crippen LogP contribution in [0, 0.1) is 11.3 Å². The summed E-state index contributed by atoms with van der Waals surface area (Å²) >= 11 is 0. The second kappa shape index (κ2) is 9.93. The van der Waals surface area contributed by atoms with E-state index in [1.54, 1.807) is 0 Å². The van der Waals surface area contributed by atoms with E-state index >= 15 is 0 Å². The second-order valence-electron chi connectivity index (χ2n) is 7.99. The Morgan fingerprint density at radius 3 is 2.31 bits per heavy atom. The summed E-state index contributed by atoms with van der Waals surface area (Å²) in [5, 5.41) is 6.05. The molecule has 26 heavy (non-hydrogen) atoms. The molecule has 0 radical (unpaired) electrons. The molecule has 0 bridgehead atoms. The normalized spacial score (nSPS) is 20.0. The van der Waals surface area contributed by atoms with Gasteiger partial charge in [-0.1, -0.05) is 45.7 Å². The molecule has 1 fully saturated rings. The van der Waals surface area contributed by atoms with E-state index in [-0.39, 0.29) is 30.3 Å². The number of hydrogen-bond donors (Lipinski definition) is 3. The van der Waals surface area contributed by atoms with E-state index in [9.17, 15) is 9.59 Å². The fourth-order valence-electron chi connectivity index (χ4n) is 3.15. The Labute approximate surface area is 162 Å².